The third-order valence-corrected chi connectivity index (χ3v) is 6.75. The summed E-state index contributed by atoms with van der Waals surface area (Å²) in [6, 6.07) is 18.9. The highest BCUT2D eigenvalue weighted by molar-refractivity contribution is 6.31. The number of carbonyl (C=O) groups is 1. The first-order valence-corrected chi connectivity index (χ1v) is 12.4. The number of aromatic nitrogens is 1. The number of H-pyrrole nitrogens is 1. The highest BCUT2D eigenvalue weighted by Gasteiger charge is 2.35. The number of halogens is 2. The molecular weight excluding hydrogens is 493 g/mol. The van der Waals surface area contributed by atoms with Crippen LogP contribution < -0.4 is 10.3 Å². The van der Waals surface area contributed by atoms with E-state index in [9.17, 15) is 14.0 Å². The fourth-order valence-corrected chi connectivity index (χ4v) is 4.99. The van der Waals surface area contributed by atoms with Gasteiger partial charge in [-0.15, -0.1) is 0 Å². The van der Waals surface area contributed by atoms with Gasteiger partial charge in [0.2, 0.25) is 5.91 Å². The second-order valence-corrected chi connectivity index (χ2v) is 9.35. The van der Waals surface area contributed by atoms with Crippen LogP contribution in [0.2, 0.25) is 5.02 Å². The molecule has 2 heterocycles. The fourth-order valence-electron chi connectivity index (χ4n) is 4.81. The Bertz CT molecular complexity index is 1580. The molecule has 0 fully saturated rings. The monoisotopic (exact) mass is 517 g/mol. The minimum absolute atomic E-state index is 0.114. The van der Waals surface area contributed by atoms with Gasteiger partial charge in [-0.05, 0) is 47.9 Å². The van der Waals surface area contributed by atoms with E-state index in [-0.39, 0.29) is 30.1 Å². The Kier molecular flexibility index (Phi) is 6.80. The van der Waals surface area contributed by atoms with Crippen molar-refractivity contribution in [3.8, 4) is 16.9 Å². The molecule has 3 aromatic carbocycles. The number of rotatable bonds is 6. The maximum Gasteiger partial charge on any atom is 0.258 e. The zero-order chi connectivity index (χ0) is 26.1. The summed E-state index contributed by atoms with van der Waals surface area (Å²) >= 11 is 6.35. The maximum atomic E-state index is 14.6. The lowest BCUT2D eigenvalue weighted by Crippen LogP contribution is -2.26. The number of hydrogen-bond donors (Lipinski definition) is 1. The average molecular weight is 518 g/mol. The molecule has 37 heavy (non-hydrogen) atoms. The molecule has 8 heteroatoms. The van der Waals surface area contributed by atoms with E-state index < -0.39 is 11.9 Å². The van der Waals surface area contributed by atoms with Crippen LogP contribution >= 0.6 is 11.6 Å². The number of benzene rings is 3. The normalized spacial score (nSPS) is 15.2. The number of nitrogens with zero attached hydrogens (tertiary/aromatic N) is 2. The number of amides is 1. The lowest BCUT2D eigenvalue weighted by Gasteiger charge is -2.22. The van der Waals surface area contributed by atoms with Gasteiger partial charge in [-0.2, -0.15) is 5.10 Å². The van der Waals surface area contributed by atoms with Gasteiger partial charge in [0.1, 0.15) is 0 Å². The van der Waals surface area contributed by atoms with Crippen LogP contribution in [0.25, 0.3) is 22.0 Å². The SMILES string of the molecule is CCCC(=O)N1N=C(c2c(-c3ccccc3)c3cc(Cl)ccc3[nH]c2=O)CC1c1ccc(OC)c(F)c1. The van der Waals surface area contributed by atoms with Crippen LogP contribution in [0.5, 0.6) is 5.75 Å². The van der Waals surface area contributed by atoms with Crippen molar-refractivity contribution in [1.29, 1.82) is 0 Å². The number of pyridine rings is 1. The lowest BCUT2D eigenvalue weighted by molar-refractivity contribution is -0.133. The quantitative estimate of drug-likeness (QED) is 0.318. The van der Waals surface area contributed by atoms with E-state index in [2.05, 4.69) is 10.1 Å². The molecular formula is C29H25ClFN3O3. The topological polar surface area (TPSA) is 74.8 Å². The minimum Gasteiger partial charge on any atom is -0.494 e. The van der Waals surface area contributed by atoms with E-state index in [0.717, 1.165) is 10.9 Å². The first-order chi connectivity index (χ1) is 17.9. The molecule has 1 N–H and O–H groups in total. The summed E-state index contributed by atoms with van der Waals surface area (Å²) in [5, 5.41) is 7.36. The summed E-state index contributed by atoms with van der Waals surface area (Å²) in [6.07, 6.45) is 1.16. The summed E-state index contributed by atoms with van der Waals surface area (Å²) in [4.78, 5) is 29.6. The lowest BCUT2D eigenvalue weighted by atomic mass is 9.91. The summed E-state index contributed by atoms with van der Waals surface area (Å²) in [5.41, 5.74) is 3.22. The van der Waals surface area contributed by atoms with Crippen molar-refractivity contribution in [3.05, 3.63) is 99.1 Å². The Morgan fingerprint density at radius 2 is 1.92 bits per heavy atom. The number of carbonyl (C=O) groups excluding carboxylic acids is 1. The summed E-state index contributed by atoms with van der Waals surface area (Å²) in [6.45, 7) is 1.91. The third kappa shape index (κ3) is 4.62. The van der Waals surface area contributed by atoms with Crippen molar-refractivity contribution in [3.63, 3.8) is 0 Å². The first-order valence-electron chi connectivity index (χ1n) is 12.1. The largest absolute Gasteiger partial charge is 0.494 e. The molecule has 1 aliphatic rings. The Hall–Kier alpha value is -3.97. The number of nitrogens with one attached hydrogen (secondary N) is 1. The van der Waals surface area contributed by atoms with Gasteiger partial charge in [-0.3, -0.25) is 9.59 Å². The summed E-state index contributed by atoms with van der Waals surface area (Å²) in [5.74, 6) is -0.608. The molecule has 0 aliphatic carbocycles. The van der Waals surface area contributed by atoms with Crippen LogP contribution in [0.4, 0.5) is 4.39 Å². The van der Waals surface area contributed by atoms with E-state index in [1.807, 2.05) is 43.3 Å². The number of fused-ring (bicyclic) bond motifs is 1. The van der Waals surface area contributed by atoms with Crippen LogP contribution in [0.1, 0.15) is 43.4 Å². The number of aromatic amines is 1. The second kappa shape index (κ2) is 10.2. The van der Waals surface area contributed by atoms with E-state index >= 15 is 0 Å². The predicted octanol–water partition coefficient (Wildman–Crippen LogP) is 6.47. The Morgan fingerprint density at radius 3 is 2.62 bits per heavy atom. The molecule has 4 aromatic rings. The van der Waals surface area contributed by atoms with Gasteiger partial charge in [0, 0.05) is 34.3 Å². The van der Waals surface area contributed by atoms with E-state index in [1.165, 1.54) is 24.3 Å². The summed E-state index contributed by atoms with van der Waals surface area (Å²) < 4.78 is 19.7. The van der Waals surface area contributed by atoms with Crippen molar-refractivity contribution in [2.45, 2.75) is 32.2 Å². The second-order valence-electron chi connectivity index (χ2n) is 8.91. The molecule has 188 valence electrons. The smallest absolute Gasteiger partial charge is 0.258 e. The van der Waals surface area contributed by atoms with Gasteiger partial charge in [-0.1, -0.05) is 54.9 Å². The molecule has 6 nitrogen and oxygen atoms in total. The van der Waals surface area contributed by atoms with Crippen molar-refractivity contribution >= 4 is 34.1 Å². The van der Waals surface area contributed by atoms with Gasteiger partial charge in [0.05, 0.1) is 24.4 Å². The van der Waals surface area contributed by atoms with Gasteiger partial charge < -0.3 is 9.72 Å². The standard InChI is InChI=1S/C29H25ClFN3O3/c1-3-7-26(35)34-24(18-10-13-25(37-2)21(31)14-18)16-23(33-34)28-27(17-8-5-4-6-9-17)20-15-19(30)11-12-22(20)32-29(28)36/h4-6,8-15,24H,3,7,16H2,1-2H3,(H,32,36). The Morgan fingerprint density at radius 1 is 1.14 bits per heavy atom. The molecule has 1 unspecified atom stereocenters. The molecule has 0 saturated carbocycles. The average Bonchev–Trinajstić information content (AvgIpc) is 3.34. The zero-order valence-corrected chi connectivity index (χ0v) is 21.2. The molecule has 0 bridgehead atoms. The molecule has 1 aliphatic heterocycles. The van der Waals surface area contributed by atoms with Gasteiger partial charge in [-0.25, -0.2) is 9.40 Å². The zero-order valence-electron chi connectivity index (χ0n) is 20.4. The molecule has 1 amide bonds. The van der Waals surface area contributed by atoms with Crippen molar-refractivity contribution in [2.24, 2.45) is 5.10 Å². The molecule has 0 radical (unpaired) electrons. The Balaban J connectivity index is 1.71. The maximum absolute atomic E-state index is 14.6. The van der Waals surface area contributed by atoms with Crippen LogP contribution in [-0.4, -0.2) is 28.7 Å². The molecule has 0 saturated heterocycles. The van der Waals surface area contributed by atoms with Crippen molar-refractivity contribution in [1.82, 2.24) is 9.99 Å². The van der Waals surface area contributed by atoms with Gasteiger partial charge in [0.15, 0.2) is 11.6 Å². The van der Waals surface area contributed by atoms with Crippen LogP contribution in [0, 0.1) is 5.82 Å². The molecule has 5 rings (SSSR count). The van der Waals surface area contributed by atoms with Crippen LogP contribution in [0.15, 0.2) is 76.6 Å². The highest BCUT2D eigenvalue weighted by atomic mass is 35.5. The first kappa shape index (κ1) is 24.7. The van der Waals surface area contributed by atoms with Crippen molar-refractivity contribution in [2.75, 3.05) is 7.11 Å². The molecule has 1 atom stereocenters. The number of hydrazone groups is 1. The number of methoxy groups -OCH3 is 1. The van der Waals surface area contributed by atoms with Crippen LogP contribution in [0.3, 0.4) is 0 Å². The molecule has 1 aromatic heterocycles. The minimum atomic E-state index is -0.562. The number of hydrogen-bond acceptors (Lipinski definition) is 4. The summed E-state index contributed by atoms with van der Waals surface area (Å²) in [7, 11) is 1.40. The fraction of sp³-hybridized carbons (Fsp3) is 0.207. The number of ether oxygens (including phenoxy) is 1. The van der Waals surface area contributed by atoms with Gasteiger partial charge in [0.25, 0.3) is 5.56 Å². The van der Waals surface area contributed by atoms with Gasteiger partial charge >= 0.3 is 0 Å². The highest BCUT2D eigenvalue weighted by Crippen LogP contribution is 2.38. The molecule has 0 spiro atoms. The predicted molar refractivity (Wildman–Crippen MR) is 144 cm³/mol. The van der Waals surface area contributed by atoms with E-state index in [4.69, 9.17) is 16.3 Å². The third-order valence-electron chi connectivity index (χ3n) is 6.52. The van der Waals surface area contributed by atoms with E-state index in [0.29, 0.717) is 39.4 Å². The van der Waals surface area contributed by atoms with Crippen LogP contribution in [-0.2, 0) is 4.79 Å². The Labute approximate surface area is 218 Å². The van der Waals surface area contributed by atoms with Crippen molar-refractivity contribution < 1.29 is 13.9 Å². The van der Waals surface area contributed by atoms with E-state index in [1.54, 1.807) is 18.2 Å².